The van der Waals surface area contributed by atoms with Crippen LogP contribution in [-0.2, 0) is 4.79 Å². The molecule has 1 rings (SSSR count). The summed E-state index contributed by atoms with van der Waals surface area (Å²) in [5.41, 5.74) is 1.84. The van der Waals surface area contributed by atoms with E-state index in [1.807, 2.05) is 12.1 Å². The van der Waals surface area contributed by atoms with Gasteiger partial charge in [0.1, 0.15) is 0 Å². The highest BCUT2D eigenvalue weighted by Gasteiger charge is 2.11. The first-order chi connectivity index (χ1) is 7.00. The fourth-order valence-electron chi connectivity index (χ4n) is 1.39. The van der Waals surface area contributed by atoms with Crippen molar-refractivity contribution in [2.75, 3.05) is 0 Å². The van der Waals surface area contributed by atoms with E-state index in [0.717, 1.165) is 0 Å². The smallest absolute Gasteiger partial charge is 0.306 e. The van der Waals surface area contributed by atoms with Crippen LogP contribution in [0.2, 0.25) is 0 Å². The monoisotopic (exact) mass is 208 g/mol. The van der Waals surface area contributed by atoms with Gasteiger partial charge in [0.15, 0.2) is 0 Å². The van der Waals surface area contributed by atoms with Gasteiger partial charge in [-0.2, -0.15) is 0 Å². The molecule has 0 aliphatic heterocycles. The molecule has 0 spiro atoms. The van der Waals surface area contributed by atoms with Gasteiger partial charge in [-0.1, -0.05) is 38.1 Å². The number of rotatable bonds is 4. The van der Waals surface area contributed by atoms with E-state index in [1.54, 1.807) is 12.1 Å². The molecular formula is C12H16O3. The molecule has 0 saturated heterocycles. The Balaban J connectivity index is 2.75. The largest absolute Gasteiger partial charge is 0.481 e. The van der Waals surface area contributed by atoms with E-state index in [0.29, 0.717) is 11.5 Å². The van der Waals surface area contributed by atoms with Crippen molar-refractivity contribution in [3.63, 3.8) is 0 Å². The Labute approximate surface area is 89.4 Å². The number of carbonyl (C=O) groups is 1. The Morgan fingerprint density at radius 2 is 1.67 bits per heavy atom. The normalized spacial score (nSPS) is 12.8. The van der Waals surface area contributed by atoms with Crippen LogP contribution in [0.4, 0.5) is 0 Å². The van der Waals surface area contributed by atoms with Crippen LogP contribution >= 0.6 is 0 Å². The Morgan fingerprint density at radius 3 is 2.07 bits per heavy atom. The third kappa shape index (κ3) is 3.36. The van der Waals surface area contributed by atoms with Gasteiger partial charge in [-0.25, -0.2) is 0 Å². The van der Waals surface area contributed by atoms with Gasteiger partial charge in [0.2, 0.25) is 0 Å². The molecule has 15 heavy (non-hydrogen) atoms. The Bertz CT molecular complexity index is 327. The van der Waals surface area contributed by atoms with Gasteiger partial charge in [0, 0.05) is 0 Å². The molecule has 3 heteroatoms. The van der Waals surface area contributed by atoms with Gasteiger partial charge in [-0.3, -0.25) is 4.79 Å². The molecule has 2 N–H and O–H groups in total. The summed E-state index contributed by atoms with van der Waals surface area (Å²) in [6.07, 6.45) is -1.16. The topological polar surface area (TPSA) is 57.5 Å². The molecule has 0 bridgehead atoms. The first-order valence-electron chi connectivity index (χ1n) is 5.00. The summed E-state index contributed by atoms with van der Waals surface area (Å²) in [5, 5.41) is 18.1. The zero-order chi connectivity index (χ0) is 11.4. The molecule has 3 nitrogen and oxygen atoms in total. The fraction of sp³-hybridized carbons (Fsp3) is 0.417. The minimum absolute atomic E-state index is 0.249. The van der Waals surface area contributed by atoms with Crippen LogP contribution in [0.5, 0.6) is 0 Å². The lowest BCUT2D eigenvalue weighted by Crippen LogP contribution is -2.05. The number of hydrogen-bond donors (Lipinski definition) is 2. The number of aliphatic hydroxyl groups excluding tert-OH is 1. The molecule has 1 atom stereocenters. The second kappa shape index (κ2) is 4.94. The molecule has 0 radical (unpaired) electrons. The number of hydrogen-bond acceptors (Lipinski definition) is 2. The Hall–Kier alpha value is -1.35. The standard InChI is InChI=1S/C12H16O3/c1-8(2)9-3-5-10(6-4-9)11(13)7-12(14)15/h3-6,8,11,13H,7H2,1-2H3,(H,14,15)/t11-/m1/s1. The molecule has 0 amide bonds. The molecule has 0 saturated carbocycles. The first-order valence-corrected chi connectivity index (χ1v) is 5.00. The SMILES string of the molecule is CC(C)c1ccc([C@H](O)CC(=O)O)cc1. The maximum absolute atomic E-state index is 10.4. The van der Waals surface area contributed by atoms with E-state index in [-0.39, 0.29) is 6.42 Å². The Morgan fingerprint density at radius 1 is 1.20 bits per heavy atom. The summed E-state index contributed by atoms with van der Waals surface area (Å²) in [6.45, 7) is 4.17. The van der Waals surface area contributed by atoms with Gasteiger partial charge in [0.05, 0.1) is 12.5 Å². The lowest BCUT2D eigenvalue weighted by atomic mass is 9.99. The molecule has 0 aromatic heterocycles. The summed E-state index contributed by atoms with van der Waals surface area (Å²) < 4.78 is 0. The Kier molecular flexibility index (Phi) is 3.86. The quantitative estimate of drug-likeness (QED) is 0.798. The van der Waals surface area contributed by atoms with Crippen LogP contribution in [-0.4, -0.2) is 16.2 Å². The molecular weight excluding hydrogens is 192 g/mol. The number of carboxylic acids is 1. The molecule has 0 unspecified atom stereocenters. The predicted molar refractivity (Wildman–Crippen MR) is 57.7 cm³/mol. The van der Waals surface area contributed by atoms with Crippen LogP contribution in [0.3, 0.4) is 0 Å². The maximum atomic E-state index is 10.4. The van der Waals surface area contributed by atoms with E-state index in [1.165, 1.54) is 5.56 Å². The van der Waals surface area contributed by atoms with Gasteiger partial charge >= 0.3 is 5.97 Å². The minimum atomic E-state index is -0.990. The number of aliphatic hydroxyl groups is 1. The summed E-state index contributed by atoms with van der Waals surface area (Å²) in [7, 11) is 0. The summed E-state index contributed by atoms with van der Waals surface area (Å²) >= 11 is 0. The van der Waals surface area contributed by atoms with Crippen molar-refractivity contribution >= 4 is 5.97 Å². The van der Waals surface area contributed by atoms with E-state index in [2.05, 4.69) is 13.8 Å². The number of carboxylic acid groups (broad SMARTS) is 1. The summed E-state index contributed by atoms with van der Waals surface area (Å²) in [6, 6.07) is 7.40. The molecule has 0 aliphatic rings. The molecule has 0 aliphatic carbocycles. The van der Waals surface area contributed by atoms with E-state index >= 15 is 0 Å². The highest BCUT2D eigenvalue weighted by atomic mass is 16.4. The molecule has 0 fully saturated rings. The van der Waals surface area contributed by atoms with Crippen molar-refractivity contribution in [2.24, 2.45) is 0 Å². The van der Waals surface area contributed by atoms with Gasteiger partial charge in [-0.05, 0) is 17.0 Å². The molecule has 1 aromatic rings. The summed E-state index contributed by atoms with van der Waals surface area (Å²) in [4.78, 5) is 10.4. The average Bonchev–Trinajstić information content (AvgIpc) is 2.17. The minimum Gasteiger partial charge on any atom is -0.481 e. The van der Waals surface area contributed by atoms with Crippen molar-refractivity contribution in [2.45, 2.75) is 32.3 Å². The van der Waals surface area contributed by atoms with E-state index < -0.39 is 12.1 Å². The van der Waals surface area contributed by atoms with E-state index in [9.17, 15) is 9.90 Å². The van der Waals surface area contributed by atoms with Crippen molar-refractivity contribution in [3.05, 3.63) is 35.4 Å². The molecule has 0 heterocycles. The van der Waals surface area contributed by atoms with Crippen molar-refractivity contribution in [1.29, 1.82) is 0 Å². The zero-order valence-corrected chi connectivity index (χ0v) is 8.97. The third-order valence-electron chi connectivity index (χ3n) is 2.36. The first kappa shape index (κ1) is 11.7. The van der Waals surface area contributed by atoms with E-state index in [4.69, 9.17) is 5.11 Å². The maximum Gasteiger partial charge on any atom is 0.306 e. The van der Waals surface area contributed by atoms with Crippen molar-refractivity contribution < 1.29 is 15.0 Å². The number of benzene rings is 1. The van der Waals surface area contributed by atoms with Crippen LogP contribution in [0.25, 0.3) is 0 Å². The van der Waals surface area contributed by atoms with Gasteiger partial charge in [0.25, 0.3) is 0 Å². The lowest BCUT2D eigenvalue weighted by Gasteiger charge is -2.10. The second-order valence-corrected chi connectivity index (χ2v) is 3.94. The molecule has 1 aromatic carbocycles. The van der Waals surface area contributed by atoms with Crippen LogP contribution in [0.1, 0.15) is 43.4 Å². The average molecular weight is 208 g/mol. The second-order valence-electron chi connectivity index (χ2n) is 3.94. The van der Waals surface area contributed by atoms with Crippen LogP contribution < -0.4 is 0 Å². The fourth-order valence-corrected chi connectivity index (χ4v) is 1.39. The lowest BCUT2D eigenvalue weighted by molar-refractivity contribution is -0.139. The predicted octanol–water partition coefficient (Wildman–Crippen LogP) is 2.32. The summed E-state index contributed by atoms with van der Waals surface area (Å²) in [5.74, 6) is -0.550. The van der Waals surface area contributed by atoms with Crippen molar-refractivity contribution in [1.82, 2.24) is 0 Å². The van der Waals surface area contributed by atoms with Gasteiger partial charge in [-0.15, -0.1) is 0 Å². The third-order valence-corrected chi connectivity index (χ3v) is 2.36. The molecule has 82 valence electrons. The van der Waals surface area contributed by atoms with Crippen molar-refractivity contribution in [3.8, 4) is 0 Å². The zero-order valence-electron chi connectivity index (χ0n) is 8.97. The van der Waals surface area contributed by atoms with Gasteiger partial charge < -0.3 is 10.2 Å². The van der Waals surface area contributed by atoms with Crippen LogP contribution in [0.15, 0.2) is 24.3 Å². The highest BCUT2D eigenvalue weighted by molar-refractivity contribution is 5.67. The number of aliphatic carboxylic acids is 1. The highest BCUT2D eigenvalue weighted by Crippen LogP contribution is 2.20. The van der Waals surface area contributed by atoms with Crippen LogP contribution in [0, 0.1) is 0 Å².